The minimum atomic E-state index is -0.380. The van der Waals surface area contributed by atoms with E-state index in [0.29, 0.717) is 16.5 Å². The Kier molecular flexibility index (Phi) is 4.03. The molecule has 4 rings (SSSR count). The molecule has 2 aromatic heterocycles. The van der Waals surface area contributed by atoms with Gasteiger partial charge in [-0.25, -0.2) is 9.37 Å². The van der Waals surface area contributed by atoms with Crippen molar-refractivity contribution in [3.05, 3.63) is 84.1 Å². The summed E-state index contributed by atoms with van der Waals surface area (Å²) in [5, 5.41) is 0.576. The van der Waals surface area contributed by atoms with Gasteiger partial charge in [0.15, 0.2) is 5.13 Å². The molecule has 0 aliphatic carbocycles. The number of halogens is 1. The fourth-order valence-electron chi connectivity index (χ4n) is 2.51. The van der Waals surface area contributed by atoms with Crippen LogP contribution in [-0.2, 0) is 6.54 Å². The van der Waals surface area contributed by atoms with Crippen molar-refractivity contribution in [1.82, 2.24) is 4.98 Å². The van der Waals surface area contributed by atoms with Gasteiger partial charge in [0.05, 0.1) is 23.0 Å². The van der Waals surface area contributed by atoms with Crippen molar-refractivity contribution < 1.29 is 13.6 Å². The average molecular weight is 352 g/mol. The number of thiazole rings is 1. The Hall–Kier alpha value is -2.99. The van der Waals surface area contributed by atoms with Crippen LogP contribution < -0.4 is 4.90 Å². The molecule has 124 valence electrons. The number of para-hydroxylation sites is 1. The summed E-state index contributed by atoms with van der Waals surface area (Å²) in [7, 11) is 0. The number of carbonyl (C=O) groups excluding carboxylic acids is 1. The smallest absolute Gasteiger partial charge is 0.260 e. The second-order valence-corrected chi connectivity index (χ2v) is 6.45. The maximum Gasteiger partial charge on any atom is 0.260 e. The normalized spacial score (nSPS) is 10.9. The molecule has 0 atom stereocenters. The molecule has 1 amide bonds. The number of fused-ring (bicyclic) bond motifs is 1. The van der Waals surface area contributed by atoms with E-state index in [4.69, 9.17) is 4.42 Å². The average Bonchev–Trinajstić information content (AvgIpc) is 3.29. The molecule has 25 heavy (non-hydrogen) atoms. The number of anilines is 1. The van der Waals surface area contributed by atoms with Crippen molar-refractivity contribution in [2.24, 2.45) is 0 Å². The first-order valence-electron chi connectivity index (χ1n) is 7.66. The topological polar surface area (TPSA) is 46.3 Å². The SMILES string of the molecule is O=C(c1ccc(F)cc1)N(Cc1ccco1)c1nc2ccccc2s1. The Morgan fingerprint density at radius 2 is 1.88 bits per heavy atom. The quantitative estimate of drug-likeness (QED) is 0.526. The standard InChI is InChI=1S/C19H13FN2O2S/c20-14-9-7-13(8-10-14)18(23)22(12-15-4-3-11-24-15)19-21-16-5-1-2-6-17(16)25-19/h1-11H,12H2. The number of benzene rings is 2. The van der Waals surface area contributed by atoms with Crippen molar-refractivity contribution in [2.45, 2.75) is 6.54 Å². The summed E-state index contributed by atoms with van der Waals surface area (Å²) in [4.78, 5) is 19.1. The Bertz CT molecular complexity index is 977. The van der Waals surface area contributed by atoms with Crippen molar-refractivity contribution in [3.63, 3.8) is 0 Å². The molecule has 4 aromatic rings. The van der Waals surface area contributed by atoms with E-state index in [1.165, 1.54) is 35.6 Å². The highest BCUT2D eigenvalue weighted by atomic mass is 32.1. The van der Waals surface area contributed by atoms with Crippen LogP contribution in [0.4, 0.5) is 9.52 Å². The van der Waals surface area contributed by atoms with Gasteiger partial charge in [-0.1, -0.05) is 23.5 Å². The molecule has 0 saturated heterocycles. The molecule has 0 spiro atoms. The Labute approximate surface area is 147 Å². The highest BCUT2D eigenvalue weighted by Gasteiger charge is 2.22. The van der Waals surface area contributed by atoms with Crippen LogP contribution in [0, 0.1) is 5.82 Å². The predicted octanol–water partition coefficient (Wildman–Crippen LogP) is 4.88. The third-order valence-electron chi connectivity index (χ3n) is 3.74. The molecule has 4 nitrogen and oxygen atoms in total. The van der Waals surface area contributed by atoms with Gasteiger partial charge in [0.2, 0.25) is 0 Å². The van der Waals surface area contributed by atoms with Crippen molar-refractivity contribution >= 4 is 32.6 Å². The Morgan fingerprint density at radius 1 is 1.08 bits per heavy atom. The molecule has 0 fully saturated rings. The first kappa shape index (κ1) is 15.5. The number of hydrogen-bond acceptors (Lipinski definition) is 4. The molecular formula is C19H13FN2O2S. The Morgan fingerprint density at radius 3 is 2.60 bits per heavy atom. The van der Waals surface area contributed by atoms with E-state index in [9.17, 15) is 9.18 Å². The van der Waals surface area contributed by atoms with Gasteiger partial charge in [0.1, 0.15) is 11.6 Å². The summed E-state index contributed by atoms with van der Waals surface area (Å²) in [6.07, 6.45) is 1.56. The number of furan rings is 1. The number of aromatic nitrogens is 1. The van der Waals surface area contributed by atoms with Crippen LogP contribution in [-0.4, -0.2) is 10.9 Å². The number of rotatable bonds is 4. The molecule has 2 heterocycles. The molecular weight excluding hydrogens is 339 g/mol. The fourth-order valence-corrected chi connectivity index (χ4v) is 3.47. The van der Waals surface area contributed by atoms with Gasteiger partial charge in [0.25, 0.3) is 5.91 Å². The van der Waals surface area contributed by atoms with E-state index in [2.05, 4.69) is 4.98 Å². The van der Waals surface area contributed by atoms with E-state index in [-0.39, 0.29) is 18.3 Å². The van der Waals surface area contributed by atoms with Gasteiger partial charge in [-0.15, -0.1) is 0 Å². The van der Waals surface area contributed by atoms with Crippen LogP contribution >= 0.6 is 11.3 Å². The lowest BCUT2D eigenvalue weighted by Crippen LogP contribution is -2.30. The van der Waals surface area contributed by atoms with E-state index in [1.807, 2.05) is 24.3 Å². The largest absolute Gasteiger partial charge is 0.467 e. The second kappa shape index (κ2) is 6.49. The first-order chi connectivity index (χ1) is 12.2. The number of nitrogens with zero attached hydrogens (tertiary/aromatic N) is 2. The highest BCUT2D eigenvalue weighted by Crippen LogP contribution is 2.30. The summed E-state index contributed by atoms with van der Waals surface area (Å²) in [5.41, 5.74) is 1.23. The zero-order valence-corrected chi connectivity index (χ0v) is 13.9. The number of amides is 1. The third kappa shape index (κ3) is 3.16. The molecule has 0 aliphatic rings. The summed E-state index contributed by atoms with van der Waals surface area (Å²) in [5.74, 6) is 0.0132. The first-order valence-corrected chi connectivity index (χ1v) is 8.48. The van der Waals surface area contributed by atoms with Crippen molar-refractivity contribution in [2.75, 3.05) is 4.90 Å². The number of hydrogen-bond donors (Lipinski definition) is 0. The minimum Gasteiger partial charge on any atom is -0.467 e. The predicted molar refractivity (Wildman–Crippen MR) is 95.2 cm³/mol. The zero-order chi connectivity index (χ0) is 17.2. The summed E-state index contributed by atoms with van der Waals surface area (Å²) in [6.45, 7) is 0.253. The van der Waals surface area contributed by atoms with Crippen molar-refractivity contribution in [1.29, 1.82) is 0 Å². The molecule has 0 saturated carbocycles. The molecule has 2 aromatic carbocycles. The lowest BCUT2D eigenvalue weighted by molar-refractivity contribution is 0.0983. The van der Waals surface area contributed by atoms with E-state index in [1.54, 1.807) is 23.3 Å². The molecule has 0 N–H and O–H groups in total. The van der Waals surface area contributed by atoms with Crippen LogP contribution in [0.15, 0.2) is 71.3 Å². The maximum absolute atomic E-state index is 13.2. The highest BCUT2D eigenvalue weighted by molar-refractivity contribution is 7.22. The Balaban J connectivity index is 1.75. The fraction of sp³-hybridized carbons (Fsp3) is 0.0526. The van der Waals surface area contributed by atoms with Gasteiger partial charge < -0.3 is 4.42 Å². The third-order valence-corrected chi connectivity index (χ3v) is 4.80. The lowest BCUT2D eigenvalue weighted by Gasteiger charge is -2.18. The maximum atomic E-state index is 13.2. The van der Waals surface area contributed by atoms with Crippen LogP contribution in [0.1, 0.15) is 16.1 Å². The van der Waals surface area contributed by atoms with Crippen LogP contribution in [0.2, 0.25) is 0 Å². The van der Waals surface area contributed by atoms with E-state index in [0.717, 1.165) is 10.2 Å². The second-order valence-electron chi connectivity index (χ2n) is 5.44. The monoisotopic (exact) mass is 352 g/mol. The molecule has 0 radical (unpaired) electrons. The van der Waals surface area contributed by atoms with Crippen LogP contribution in [0.25, 0.3) is 10.2 Å². The zero-order valence-electron chi connectivity index (χ0n) is 13.1. The molecule has 0 bridgehead atoms. The van der Waals surface area contributed by atoms with Gasteiger partial charge >= 0.3 is 0 Å². The summed E-state index contributed by atoms with van der Waals surface area (Å²) >= 11 is 1.43. The van der Waals surface area contributed by atoms with Gasteiger partial charge in [-0.05, 0) is 48.5 Å². The van der Waals surface area contributed by atoms with Gasteiger partial charge in [-0.3, -0.25) is 9.69 Å². The molecule has 6 heteroatoms. The van der Waals surface area contributed by atoms with E-state index >= 15 is 0 Å². The minimum absolute atomic E-state index is 0.253. The van der Waals surface area contributed by atoms with Gasteiger partial charge in [0, 0.05) is 5.56 Å². The molecule has 0 aliphatic heterocycles. The van der Waals surface area contributed by atoms with E-state index < -0.39 is 0 Å². The van der Waals surface area contributed by atoms with Crippen LogP contribution in [0.3, 0.4) is 0 Å². The molecule has 0 unspecified atom stereocenters. The number of carbonyl (C=O) groups is 1. The lowest BCUT2D eigenvalue weighted by atomic mass is 10.2. The van der Waals surface area contributed by atoms with Crippen molar-refractivity contribution in [3.8, 4) is 0 Å². The summed E-state index contributed by atoms with van der Waals surface area (Å²) in [6, 6.07) is 16.8. The van der Waals surface area contributed by atoms with Gasteiger partial charge in [-0.2, -0.15) is 0 Å². The summed E-state index contributed by atoms with van der Waals surface area (Å²) < 4.78 is 19.6. The van der Waals surface area contributed by atoms with Crippen LogP contribution in [0.5, 0.6) is 0 Å².